The van der Waals surface area contributed by atoms with Crippen LogP contribution in [0, 0.1) is 40.4 Å². The van der Waals surface area contributed by atoms with E-state index in [1.54, 1.807) is 11.3 Å². The molecule has 192 valence electrons. The Morgan fingerprint density at radius 3 is 2.56 bits per heavy atom. The number of rotatable bonds is 7. The van der Waals surface area contributed by atoms with Crippen molar-refractivity contribution in [3.05, 3.63) is 21.9 Å². The second kappa shape index (κ2) is 9.16. The van der Waals surface area contributed by atoms with E-state index in [0.29, 0.717) is 21.7 Å². The molecule has 0 radical (unpaired) electrons. The van der Waals surface area contributed by atoms with Crippen LogP contribution in [0.4, 0.5) is 5.00 Å². The predicted molar refractivity (Wildman–Crippen MR) is 142 cm³/mol. The minimum atomic E-state index is -0.130. The van der Waals surface area contributed by atoms with Crippen molar-refractivity contribution < 1.29 is 9.21 Å². The van der Waals surface area contributed by atoms with Gasteiger partial charge in [-0.3, -0.25) is 4.79 Å². The number of fused-ring (bicyclic) bond motifs is 1. The lowest BCUT2D eigenvalue weighted by atomic mass is 9.49. The normalized spacial score (nSPS) is 30.7. The first kappa shape index (κ1) is 24.5. The van der Waals surface area contributed by atoms with Crippen LogP contribution in [0.15, 0.2) is 9.64 Å². The first-order valence-corrected chi connectivity index (χ1v) is 15.4. The Kier molecular flexibility index (Phi) is 6.23. The zero-order valence-electron chi connectivity index (χ0n) is 21.6. The summed E-state index contributed by atoms with van der Waals surface area (Å²) in [4.78, 5) is 14.1. The van der Waals surface area contributed by atoms with Crippen molar-refractivity contribution in [2.45, 2.75) is 95.6 Å². The van der Waals surface area contributed by atoms with E-state index in [2.05, 4.69) is 42.4 Å². The van der Waals surface area contributed by atoms with Gasteiger partial charge in [-0.2, -0.15) is 5.26 Å². The van der Waals surface area contributed by atoms with E-state index >= 15 is 0 Å². The topological polar surface area (TPSA) is 91.8 Å². The molecule has 0 saturated heterocycles. The van der Waals surface area contributed by atoms with Gasteiger partial charge in [-0.25, -0.2) is 0 Å². The molecule has 0 spiro atoms. The number of hydrogen-bond acceptors (Lipinski definition) is 7. The van der Waals surface area contributed by atoms with Crippen LogP contribution in [0.2, 0.25) is 0 Å². The minimum Gasteiger partial charge on any atom is -0.415 e. The second-order valence-corrected chi connectivity index (χ2v) is 14.5. The molecule has 2 aromatic rings. The highest BCUT2D eigenvalue weighted by atomic mass is 32.2. The Morgan fingerprint density at radius 2 is 1.92 bits per heavy atom. The summed E-state index contributed by atoms with van der Waals surface area (Å²) in [5.41, 5.74) is 2.16. The predicted octanol–water partition coefficient (Wildman–Crippen LogP) is 6.74. The summed E-state index contributed by atoms with van der Waals surface area (Å²) in [5.74, 6) is 3.93. The molecule has 1 N–H and O–H groups in total. The van der Waals surface area contributed by atoms with Crippen molar-refractivity contribution >= 4 is 34.0 Å². The number of aromatic nitrogens is 2. The number of carbonyl (C=O) groups excluding carboxylic acids is 1. The molecule has 0 aromatic carbocycles. The maximum Gasteiger partial charge on any atom is 0.277 e. The Hall–Kier alpha value is -1.85. The summed E-state index contributed by atoms with van der Waals surface area (Å²) in [5, 5.41) is 22.8. The molecule has 7 rings (SSSR count). The molecule has 36 heavy (non-hydrogen) atoms. The van der Waals surface area contributed by atoms with Gasteiger partial charge in [0.15, 0.2) is 0 Å². The molecule has 2 heterocycles. The molecule has 4 saturated carbocycles. The van der Waals surface area contributed by atoms with Crippen LogP contribution in [0.5, 0.6) is 0 Å². The first-order chi connectivity index (χ1) is 17.3. The SMILES string of the molecule is CCC(C)(C)[C@@H]1CCc2c(sc(NC(=O)CSc3nnc(C45CC6CC(CC(C6)C4)C5)o3)c2C#N)C1. The molecule has 1 amide bonds. The van der Waals surface area contributed by atoms with Gasteiger partial charge >= 0.3 is 0 Å². The van der Waals surface area contributed by atoms with Crippen molar-refractivity contribution in [3.8, 4) is 6.07 Å². The largest absolute Gasteiger partial charge is 0.415 e. The van der Waals surface area contributed by atoms with E-state index in [1.807, 2.05) is 0 Å². The average molecular weight is 525 g/mol. The summed E-state index contributed by atoms with van der Waals surface area (Å²) in [7, 11) is 0. The molecule has 0 aliphatic heterocycles. The third kappa shape index (κ3) is 4.30. The van der Waals surface area contributed by atoms with E-state index in [1.165, 1.54) is 55.2 Å². The number of nitrogens with one attached hydrogen (secondary N) is 1. The molecule has 4 fully saturated rings. The number of hydrogen-bond donors (Lipinski definition) is 1. The van der Waals surface area contributed by atoms with Crippen LogP contribution in [0.1, 0.15) is 94.0 Å². The Morgan fingerprint density at radius 1 is 1.22 bits per heavy atom. The van der Waals surface area contributed by atoms with E-state index in [4.69, 9.17) is 4.42 Å². The van der Waals surface area contributed by atoms with Gasteiger partial charge in [-0.05, 0) is 92.4 Å². The van der Waals surface area contributed by atoms with Gasteiger partial charge in [0.2, 0.25) is 11.8 Å². The zero-order chi connectivity index (χ0) is 25.1. The van der Waals surface area contributed by atoms with Crippen LogP contribution in [0.25, 0.3) is 0 Å². The third-order valence-corrected chi connectivity index (χ3v) is 11.9. The van der Waals surface area contributed by atoms with Crippen LogP contribution >= 0.6 is 23.1 Å². The van der Waals surface area contributed by atoms with Crippen molar-refractivity contribution in [3.63, 3.8) is 0 Å². The van der Waals surface area contributed by atoms with Gasteiger partial charge in [-0.1, -0.05) is 39.0 Å². The fraction of sp³-hybridized carbons (Fsp3) is 0.714. The molecule has 8 heteroatoms. The lowest BCUT2D eigenvalue weighted by molar-refractivity contribution is -0.113. The van der Waals surface area contributed by atoms with Crippen LogP contribution in [-0.4, -0.2) is 21.9 Å². The first-order valence-electron chi connectivity index (χ1n) is 13.6. The molecular formula is C28H36N4O2S2. The summed E-state index contributed by atoms with van der Waals surface area (Å²) in [6, 6.07) is 2.36. The minimum absolute atomic E-state index is 0.0742. The summed E-state index contributed by atoms with van der Waals surface area (Å²) in [6.07, 6.45) is 11.8. The number of carbonyl (C=O) groups is 1. The van der Waals surface area contributed by atoms with Gasteiger partial charge in [0.1, 0.15) is 11.1 Å². The van der Waals surface area contributed by atoms with Crippen molar-refractivity contribution in [2.24, 2.45) is 29.1 Å². The Balaban J connectivity index is 1.09. The average Bonchev–Trinajstić information content (AvgIpc) is 3.46. The Labute approximate surface area is 222 Å². The summed E-state index contributed by atoms with van der Waals surface area (Å²) in [6.45, 7) is 6.94. The van der Waals surface area contributed by atoms with Gasteiger partial charge in [0.05, 0.1) is 11.3 Å². The van der Waals surface area contributed by atoms with Crippen LogP contribution in [0.3, 0.4) is 0 Å². The van der Waals surface area contributed by atoms with Gasteiger partial charge in [0, 0.05) is 10.3 Å². The highest BCUT2D eigenvalue weighted by Gasteiger charge is 2.54. The van der Waals surface area contributed by atoms with Crippen LogP contribution in [-0.2, 0) is 23.1 Å². The van der Waals surface area contributed by atoms with Crippen molar-refractivity contribution in [1.82, 2.24) is 10.2 Å². The quantitative estimate of drug-likeness (QED) is 0.403. The maximum atomic E-state index is 12.8. The standard InChI is InChI=1S/C28H36N4O2S2/c1-4-27(2,3)19-5-6-20-21(14-29)24(36-22(20)10-19)30-23(33)15-35-26-32-31-25(34-26)28-11-16-7-17(12-28)9-18(8-16)13-28/h16-19H,4-13,15H2,1-3H3,(H,30,33)/t16?,17?,18?,19-,28?/m1/s1. The fourth-order valence-electron chi connectivity index (χ4n) is 7.89. The molecule has 5 aliphatic carbocycles. The highest BCUT2D eigenvalue weighted by Crippen LogP contribution is 2.60. The summed E-state index contributed by atoms with van der Waals surface area (Å²) < 4.78 is 6.15. The molecule has 1 atom stereocenters. The fourth-order valence-corrected chi connectivity index (χ4v) is 9.75. The molecule has 0 unspecified atom stereocenters. The highest BCUT2D eigenvalue weighted by molar-refractivity contribution is 7.99. The molecule has 5 aliphatic rings. The van der Waals surface area contributed by atoms with Gasteiger partial charge in [0.25, 0.3) is 5.22 Å². The van der Waals surface area contributed by atoms with E-state index in [0.717, 1.165) is 54.9 Å². The monoisotopic (exact) mass is 524 g/mol. The number of amides is 1. The number of anilines is 1. The smallest absolute Gasteiger partial charge is 0.277 e. The lowest BCUT2D eigenvalue weighted by Crippen LogP contribution is -2.48. The number of nitriles is 1. The van der Waals surface area contributed by atoms with E-state index < -0.39 is 0 Å². The zero-order valence-corrected chi connectivity index (χ0v) is 23.2. The van der Waals surface area contributed by atoms with Gasteiger partial charge < -0.3 is 9.73 Å². The number of thiophene rings is 1. The Bertz CT molecular complexity index is 1170. The molecular weight excluding hydrogens is 488 g/mol. The molecule has 2 aromatic heterocycles. The van der Waals surface area contributed by atoms with Crippen molar-refractivity contribution in [1.29, 1.82) is 5.26 Å². The summed E-state index contributed by atoms with van der Waals surface area (Å²) >= 11 is 2.89. The second-order valence-electron chi connectivity index (χ2n) is 12.5. The van der Waals surface area contributed by atoms with Gasteiger partial charge in [-0.15, -0.1) is 21.5 Å². The van der Waals surface area contributed by atoms with Crippen LogP contribution < -0.4 is 5.32 Å². The van der Waals surface area contributed by atoms with E-state index in [9.17, 15) is 10.1 Å². The molecule has 4 bridgehead atoms. The lowest BCUT2D eigenvalue weighted by Gasteiger charge is -2.55. The molecule has 6 nitrogen and oxygen atoms in total. The van der Waals surface area contributed by atoms with E-state index in [-0.39, 0.29) is 22.5 Å². The number of nitrogens with zero attached hydrogens (tertiary/aromatic N) is 3. The third-order valence-electron chi connectivity index (χ3n) is 9.87. The number of thioether (sulfide) groups is 1. The maximum absolute atomic E-state index is 12.8. The van der Waals surface area contributed by atoms with Crippen molar-refractivity contribution in [2.75, 3.05) is 11.1 Å².